The van der Waals surface area contributed by atoms with Gasteiger partial charge in [0, 0.05) is 25.6 Å². The molecule has 1 N–H and O–H groups in total. The summed E-state index contributed by atoms with van der Waals surface area (Å²) in [6.07, 6.45) is 14.5. The summed E-state index contributed by atoms with van der Waals surface area (Å²) in [5.41, 5.74) is 1.76. The minimum absolute atomic E-state index is 0.130. The molecule has 0 heterocycles. The third-order valence-corrected chi connectivity index (χ3v) is 9.79. The van der Waals surface area contributed by atoms with Crippen LogP contribution in [0.1, 0.15) is 90.9 Å². The van der Waals surface area contributed by atoms with Crippen LogP contribution in [0.15, 0.2) is 11.6 Å². The zero-order chi connectivity index (χ0) is 22.1. The van der Waals surface area contributed by atoms with Crippen molar-refractivity contribution in [3.8, 4) is 0 Å². The minimum atomic E-state index is 0.130. The molecule has 174 valence electrons. The first-order valence-electron chi connectivity index (χ1n) is 12.9. The van der Waals surface area contributed by atoms with Crippen LogP contribution >= 0.6 is 0 Å². The molecule has 6 atom stereocenters. The highest BCUT2D eigenvalue weighted by Crippen LogP contribution is 2.66. The molecule has 0 amide bonds. The van der Waals surface area contributed by atoms with Crippen molar-refractivity contribution in [2.75, 3.05) is 19.8 Å². The molecule has 4 rings (SSSR count). The van der Waals surface area contributed by atoms with Gasteiger partial charge in [-0.2, -0.15) is 0 Å². The summed E-state index contributed by atoms with van der Waals surface area (Å²) in [4.78, 5) is 25.1. The minimum Gasteiger partial charge on any atom is -0.396 e. The average molecular weight is 431 g/mol. The molecule has 0 unspecified atom stereocenters. The molecular formula is C27H42O4. The number of carbonyl (C=O) groups excluding carboxylic acids is 2. The van der Waals surface area contributed by atoms with Crippen LogP contribution in [0.3, 0.4) is 0 Å². The van der Waals surface area contributed by atoms with Crippen LogP contribution < -0.4 is 0 Å². The summed E-state index contributed by atoms with van der Waals surface area (Å²) in [6.45, 7) is 6.01. The number of ketones is 2. The maximum absolute atomic E-state index is 13.1. The van der Waals surface area contributed by atoms with E-state index in [-0.39, 0.29) is 30.0 Å². The Kier molecular flexibility index (Phi) is 7.08. The second-order valence-corrected chi connectivity index (χ2v) is 11.3. The van der Waals surface area contributed by atoms with E-state index in [0.717, 1.165) is 51.4 Å². The Hall–Kier alpha value is -1.00. The molecule has 4 aliphatic carbocycles. The molecule has 0 aromatic rings. The summed E-state index contributed by atoms with van der Waals surface area (Å²) in [6, 6.07) is 0. The Morgan fingerprint density at radius 3 is 2.65 bits per heavy atom. The molecule has 4 aliphatic rings. The number of aliphatic hydroxyl groups excluding tert-OH is 1. The van der Waals surface area contributed by atoms with Crippen molar-refractivity contribution in [2.45, 2.75) is 90.9 Å². The van der Waals surface area contributed by atoms with Crippen LogP contribution in [-0.2, 0) is 14.3 Å². The number of hydrogen-bond donors (Lipinski definition) is 1. The first-order valence-corrected chi connectivity index (χ1v) is 12.9. The van der Waals surface area contributed by atoms with Gasteiger partial charge in [0.05, 0.1) is 0 Å². The molecule has 3 fully saturated rings. The standard InChI is InChI=1S/C27H42O4/c1-26-13-11-20(29)17-19(26)7-8-21-22-9-10-24(27(22,2)14-12-23(21)26)25(30)18-31-16-6-4-3-5-15-28/h17,21-24,28H,3-16,18H2,1-2H3/t21-,22-,23-,24+,26-,27-/m0/s1. The lowest BCUT2D eigenvalue weighted by atomic mass is 9.46. The summed E-state index contributed by atoms with van der Waals surface area (Å²) in [5, 5.41) is 8.84. The van der Waals surface area contributed by atoms with Crippen molar-refractivity contribution in [1.29, 1.82) is 0 Å². The summed E-state index contributed by atoms with van der Waals surface area (Å²) >= 11 is 0. The molecule has 4 heteroatoms. The van der Waals surface area contributed by atoms with Crippen LogP contribution in [0.25, 0.3) is 0 Å². The third-order valence-electron chi connectivity index (χ3n) is 9.79. The molecule has 0 radical (unpaired) electrons. The molecule has 31 heavy (non-hydrogen) atoms. The quantitative estimate of drug-likeness (QED) is 0.506. The largest absolute Gasteiger partial charge is 0.396 e. The number of rotatable bonds is 9. The highest BCUT2D eigenvalue weighted by Gasteiger charge is 2.59. The third kappa shape index (κ3) is 4.31. The number of Topliss-reactive ketones (excluding diaryl/α,β-unsaturated/α-hetero) is 1. The lowest BCUT2D eigenvalue weighted by Gasteiger charge is -2.58. The van der Waals surface area contributed by atoms with E-state index < -0.39 is 0 Å². The van der Waals surface area contributed by atoms with Crippen molar-refractivity contribution in [1.82, 2.24) is 0 Å². The Bertz CT molecular complexity index is 712. The Morgan fingerprint density at radius 2 is 1.84 bits per heavy atom. The predicted octanol–water partition coefficient (Wildman–Crippen LogP) is 5.27. The normalized spacial score (nSPS) is 39.5. The molecular weight excluding hydrogens is 388 g/mol. The van der Waals surface area contributed by atoms with Gasteiger partial charge in [-0.1, -0.05) is 32.3 Å². The fourth-order valence-corrected chi connectivity index (χ4v) is 8.03. The van der Waals surface area contributed by atoms with Crippen molar-refractivity contribution >= 4 is 11.6 Å². The van der Waals surface area contributed by atoms with Gasteiger partial charge in [-0.3, -0.25) is 9.59 Å². The van der Waals surface area contributed by atoms with E-state index in [2.05, 4.69) is 13.8 Å². The number of hydrogen-bond acceptors (Lipinski definition) is 4. The van der Waals surface area contributed by atoms with Gasteiger partial charge < -0.3 is 9.84 Å². The molecule has 0 spiro atoms. The van der Waals surface area contributed by atoms with Gasteiger partial charge in [-0.05, 0) is 92.4 Å². The number of unbranched alkanes of at least 4 members (excludes halogenated alkanes) is 3. The van der Waals surface area contributed by atoms with Crippen molar-refractivity contribution in [3.63, 3.8) is 0 Å². The first-order chi connectivity index (χ1) is 14.9. The fraction of sp³-hybridized carbons (Fsp3) is 0.852. The SMILES string of the molecule is C[C@]12CC[C@H]3[C@@H](CCC4=CC(=O)CC[C@@]43C)[C@@H]1CC[C@@H]2C(=O)COCCCCCCO. The number of fused-ring (bicyclic) bond motifs is 5. The van der Waals surface area contributed by atoms with Gasteiger partial charge in [-0.15, -0.1) is 0 Å². The monoisotopic (exact) mass is 430 g/mol. The Labute approximate surface area is 188 Å². The maximum atomic E-state index is 13.1. The number of aliphatic hydroxyl groups is 1. The zero-order valence-corrected chi connectivity index (χ0v) is 19.7. The van der Waals surface area contributed by atoms with Crippen LogP contribution in [0.5, 0.6) is 0 Å². The van der Waals surface area contributed by atoms with Crippen molar-refractivity contribution < 1.29 is 19.4 Å². The van der Waals surface area contributed by atoms with Crippen LogP contribution in [0, 0.1) is 34.5 Å². The lowest BCUT2D eigenvalue weighted by Crippen LogP contribution is -2.51. The summed E-state index contributed by atoms with van der Waals surface area (Å²) < 4.78 is 5.76. The van der Waals surface area contributed by atoms with E-state index in [1.165, 1.54) is 24.8 Å². The number of carbonyl (C=O) groups is 2. The predicted molar refractivity (Wildman–Crippen MR) is 122 cm³/mol. The molecule has 0 aromatic heterocycles. The molecule has 0 bridgehead atoms. The Morgan fingerprint density at radius 1 is 1.03 bits per heavy atom. The van der Waals surface area contributed by atoms with E-state index in [9.17, 15) is 9.59 Å². The van der Waals surface area contributed by atoms with Gasteiger partial charge >= 0.3 is 0 Å². The van der Waals surface area contributed by atoms with E-state index >= 15 is 0 Å². The van der Waals surface area contributed by atoms with E-state index in [4.69, 9.17) is 9.84 Å². The van der Waals surface area contributed by atoms with Gasteiger partial charge in [0.1, 0.15) is 6.61 Å². The second-order valence-electron chi connectivity index (χ2n) is 11.3. The smallest absolute Gasteiger partial charge is 0.162 e. The van der Waals surface area contributed by atoms with Crippen molar-refractivity contribution in [3.05, 3.63) is 11.6 Å². The van der Waals surface area contributed by atoms with Gasteiger partial charge in [0.15, 0.2) is 11.6 Å². The zero-order valence-electron chi connectivity index (χ0n) is 19.7. The lowest BCUT2D eigenvalue weighted by molar-refractivity contribution is -0.135. The van der Waals surface area contributed by atoms with Gasteiger partial charge in [0.2, 0.25) is 0 Å². The molecule has 0 aromatic carbocycles. The molecule has 3 saturated carbocycles. The topological polar surface area (TPSA) is 63.6 Å². The van der Waals surface area contributed by atoms with Crippen LogP contribution in [0.4, 0.5) is 0 Å². The van der Waals surface area contributed by atoms with Gasteiger partial charge in [0.25, 0.3) is 0 Å². The van der Waals surface area contributed by atoms with E-state index in [1.54, 1.807) is 0 Å². The van der Waals surface area contributed by atoms with Crippen LogP contribution in [-0.4, -0.2) is 36.5 Å². The molecule has 4 nitrogen and oxygen atoms in total. The average Bonchev–Trinajstić information content (AvgIpc) is 3.11. The highest BCUT2D eigenvalue weighted by molar-refractivity contribution is 5.91. The van der Waals surface area contributed by atoms with Crippen molar-refractivity contribution in [2.24, 2.45) is 34.5 Å². The van der Waals surface area contributed by atoms with E-state index in [1.807, 2.05) is 6.08 Å². The number of ether oxygens (including phenoxy) is 1. The maximum Gasteiger partial charge on any atom is 0.162 e. The molecule has 0 aliphatic heterocycles. The number of allylic oxidation sites excluding steroid dienone is 1. The van der Waals surface area contributed by atoms with E-state index in [0.29, 0.717) is 42.3 Å². The summed E-state index contributed by atoms with van der Waals surface area (Å²) in [7, 11) is 0. The Balaban J connectivity index is 1.35. The van der Waals surface area contributed by atoms with Gasteiger partial charge in [-0.25, -0.2) is 0 Å². The highest BCUT2D eigenvalue weighted by atomic mass is 16.5. The second kappa shape index (κ2) is 9.47. The van der Waals surface area contributed by atoms with Crippen LogP contribution in [0.2, 0.25) is 0 Å². The molecule has 0 saturated heterocycles. The fourth-order valence-electron chi connectivity index (χ4n) is 8.03. The summed E-state index contributed by atoms with van der Waals surface area (Å²) in [5.74, 6) is 2.85. The first kappa shape index (κ1) is 23.2.